The standard InChI is InChI=1S/C20H23N3O3/c1-13(21-2)12-22-19(24)15-7-5-8-16(10-15)23-20(25)18-11-14-6-3-4-9-17(14)26-18/h3-10,13,18,21H,11-12H2,1-2H3,(H,22,24)(H,23,25). The summed E-state index contributed by atoms with van der Waals surface area (Å²) in [5.74, 6) is 0.356. The summed E-state index contributed by atoms with van der Waals surface area (Å²) in [5, 5.41) is 8.75. The number of ether oxygens (including phenoxy) is 1. The Kier molecular flexibility index (Phi) is 5.53. The van der Waals surface area contributed by atoms with Gasteiger partial charge in [-0.25, -0.2) is 0 Å². The van der Waals surface area contributed by atoms with Crippen LogP contribution in [-0.4, -0.2) is 37.6 Å². The van der Waals surface area contributed by atoms with Crippen LogP contribution < -0.4 is 20.7 Å². The third kappa shape index (κ3) is 4.21. The predicted octanol–water partition coefficient (Wildman–Crippen LogP) is 1.97. The molecule has 6 nitrogen and oxygen atoms in total. The van der Waals surface area contributed by atoms with Gasteiger partial charge in [0.1, 0.15) is 5.75 Å². The van der Waals surface area contributed by atoms with Crippen molar-refractivity contribution in [2.75, 3.05) is 18.9 Å². The van der Waals surface area contributed by atoms with Crippen LogP contribution in [0.3, 0.4) is 0 Å². The minimum atomic E-state index is -0.554. The fourth-order valence-electron chi connectivity index (χ4n) is 2.74. The first-order valence-electron chi connectivity index (χ1n) is 8.68. The van der Waals surface area contributed by atoms with Crippen LogP contribution in [0.4, 0.5) is 5.69 Å². The summed E-state index contributed by atoms with van der Waals surface area (Å²) in [6.45, 7) is 2.51. The van der Waals surface area contributed by atoms with E-state index in [0.717, 1.165) is 11.3 Å². The Hall–Kier alpha value is -2.86. The number of rotatable bonds is 6. The first-order chi connectivity index (χ1) is 12.6. The van der Waals surface area contributed by atoms with Gasteiger partial charge in [0, 0.05) is 30.3 Å². The summed E-state index contributed by atoms with van der Waals surface area (Å²) in [5.41, 5.74) is 2.10. The highest BCUT2D eigenvalue weighted by Gasteiger charge is 2.28. The predicted molar refractivity (Wildman–Crippen MR) is 100 cm³/mol. The van der Waals surface area contributed by atoms with Crippen molar-refractivity contribution in [1.29, 1.82) is 0 Å². The van der Waals surface area contributed by atoms with E-state index in [9.17, 15) is 9.59 Å². The average Bonchev–Trinajstić information content (AvgIpc) is 3.10. The zero-order chi connectivity index (χ0) is 18.5. The topological polar surface area (TPSA) is 79.5 Å². The van der Waals surface area contributed by atoms with Gasteiger partial charge < -0.3 is 20.7 Å². The minimum Gasteiger partial charge on any atom is -0.480 e. The molecule has 2 atom stereocenters. The molecule has 2 aromatic carbocycles. The quantitative estimate of drug-likeness (QED) is 0.742. The van der Waals surface area contributed by atoms with Crippen LogP contribution in [0.25, 0.3) is 0 Å². The van der Waals surface area contributed by atoms with Crippen molar-refractivity contribution >= 4 is 17.5 Å². The smallest absolute Gasteiger partial charge is 0.265 e. The van der Waals surface area contributed by atoms with E-state index >= 15 is 0 Å². The normalized spacial score (nSPS) is 16.3. The van der Waals surface area contributed by atoms with Gasteiger partial charge in [0.25, 0.3) is 11.8 Å². The van der Waals surface area contributed by atoms with Crippen LogP contribution in [0.15, 0.2) is 48.5 Å². The molecule has 1 aliphatic heterocycles. The number of amides is 2. The lowest BCUT2D eigenvalue weighted by molar-refractivity contribution is -0.122. The van der Waals surface area contributed by atoms with Crippen molar-refractivity contribution in [2.24, 2.45) is 0 Å². The van der Waals surface area contributed by atoms with Crippen molar-refractivity contribution in [1.82, 2.24) is 10.6 Å². The van der Waals surface area contributed by atoms with Crippen molar-refractivity contribution in [3.63, 3.8) is 0 Å². The van der Waals surface area contributed by atoms with Gasteiger partial charge in [-0.2, -0.15) is 0 Å². The van der Waals surface area contributed by atoms with E-state index in [2.05, 4.69) is 16.0 Å². The molecule has 2 aromatic rings. The van der Waals surface area contributed by atoms with Gasteiger partial charge in [0.15, 0.2) is 6.10 Å². The van der Waals surface area contributed by atoms with Crippen molar-refractivity contribution in [3.05, 3.63) is 59.7 Å². The first-order valence-corrected chi connectivity index (χ1v) is 8.68. The maximum absolute atomic E-state index is 12.5. The van der Waals surface area contributed by atoms with E-state index in [4.69, 9.17) is 4.74 Å². The molecule has 6 heteroatoms. The number of nitrogens with one attached hydrogen (secondary N) is 3. The number of fused-ring (bicyclic) bond motifs is 1. The third-order valence-electron chi connectivity index (χ3n) is 4.39. The van der Waals surface area contributed by atoms with Gasteiger partial charge in [-0.3, -0.25) is 9.59 Å². The van der Waals surface area contributed by atoms with Gasteiger partial charge >= 0.3 is 0 Å². The summed E-state index contributed by atoms with van der Waals surface area (Å²) in [7, 11) is 1.84. The Morgan fingerprint density at radius 3 is 2.77 bits per heavy atom. The highest BCUT2D eigenvalue weighted by atomic mass is 16.5. The van der Waals surface area contributed by atoms with Crippen LogP contribution in [0, 0.1) is 0 Å². The number of anilines is 1. The molecule has 0 aliphatic carbocycles. The molecule has 0 aromatic heterocycles. The molecule has 26 heavy (non-hydrogen) atoms. The molecule has 2 amide bonds. The Labute approximate surface area is 152 Å². The maximum Gasteiger partial charge on any atom is 0.265 e. The lowest BCUT2D eigenvalue weighted by Gasteiger charge is -2.13. The molecule has 0 saturated heterocycles. The fourth-order valence-corrected chi connectivity index (χ4v) is 2.74. The Bertz CT molecular complexity index is 781. The second-order valence-corrected chi connectivity index (χ2v) is 6.39. The summed E-state index contributed by atoms with van der Waals surface area (Å²) in [4.78, 5) is 24.7. The molecule has 0 bridgehead atoms. The summed E-state index contributed by atoms with van der Waals surface area (Å²) in [6.07, 6.45) is -0.00857. The Morgan fingerprint density at radius 2 is 2.00 bits per heavy atom. The summed E-state index contributed by atoms with van der Waals surface area (Å²) in [6, 6.07) is 14.7. The summed E-state index contributed by atoms with van der Waals surface area (Å²) >= 11 is 0. The van der Waals surface area contributed by atoms with E-state index in [1.165, 1.54) is 0 Å². The van der Waals surface area contributed by atoms with E-state index in [-0.39, 0.29) is 17.9 Å². The number of para-hydroxylation sites is 1. The molecule has 1 heterocycles. The average molecular weight is 353 g/mol. The van der Waals surface area contributed by atoms with Gasteiger partial charge in [0.05, 0.1) is 0 Å². The highest BCUT2D eigenvalue weighted by Crippen LogP contribution is 2.28. The molecule has 0 spiro atoms. The highest BCUT2D eigenvalue weighted by molar-refractivity contribution is 5.98. The monoisotopic (exact) mass is 353 g/mol. The SMILES string of the molecule is CNC(C)CNC(=O)c1cccc(NC(=O)C2Cc3ccccc3O2)c1. The zero-order valence-electron chi connectivity index (χ0n) is 14.9. The van der Waals surface area contributed by atoms with Crippen LogP contribution in [0.5, 0.6) is 5.75 Å². The van der Waals surface area contributed by atoms with E-state index in [1.54, 1.807) is 24.3 Å². The van der Waals surface area contributed by atoms with Crippen LogP contribution in [-0.2, 0) is 11.2 Å². The molecular formula is C20H23N3O3. The Balaban J connectivity index is 1.60. The second kappa shape index (κ2) is 8.01. The van der Waals surface area contributed by atoms with Crippen LogP contribution in [0.1, 0.15) is 22.8 Å². The molecule has 0 saturated carbocycles. The summed E-state index contributed by atoms with van der Waals surface area (Å²) < 4.78 is 5.70. The lowest BCUT2D eigenvalue weighted by atomic mass is 10.1. The second-order valence-electron chi connectivity index (χ2n) is 6.39. The van der Waals surface area contributed by atoms with Gasteiger partial charge in [-0.1, -0.05) is 24.3 Å². The van der Waals surface area contributed by atoms with E-state index in [0.29, 0.717) is 24.2 Å². The first kappa shape index (κ1) is 17.9. The minimum absolute atomic E-state index is 0.173. The van der Waals surface area contributed by atoms with E-state index in [1.807, 2.05) is 38.2 Å². The zero-order valence-corrected chi connectivity index (χ0v) is 14.9. The van der Waals surface area contributed by atoms with Crippen molar-refractivity contribution in [2.45, 2.75) is 25.5 Å². The number of benzene rings is 2. The molecule has 0 radical (unpaired) electrons. The molecule has 136 valence electrons. The van der Waals surface area contributed by atoms with Crippen LogP contribution >= 0.6 is 0 Å². The van der Waals surface area contributed by atoms with Crippen molar-refractivity contribution in [3.8, 4) is 5.75 Å². The number of hydrogen-bond acceptors (Lipinski definition) is 4. The molecule has 0 fully saturated rings. The van der Waals surface area contributed by atoms with Crippen LogP contribution in [0.2, 0.25) is 0 Å². The lowest BCUT2D eigenvalue weighted by Crippen LogP contribution is -2.37. The van der Waals surface area contributed by atoms with Gasteiger partial charge in [-0.15, -0.1) is 0 Å². The number of carbonyl (C=O) groups excluding carboxylic acids is 2. The largest absolute Gasteiger partial charge is 0.480 e. The number of likely N-dealkylation sites (N-methyl/N-ethyl adjacent to an activating group) is 1. The molecule has 2 unspecified atom stereocenters. The maximum atomic E-state index is 12.5. The molecule has 1 aliphatic rings. The molecule has 3 N–H and O–H groups in total. The number of carbonyl (C=O) groups is 2. The fraction of sp³-hybridized carbons (Fsp3) is 0.300. The van der Waals surface area contributed by atoms with Gasteiger partial charge in [0.2, 0.25) is 0 Å². The number of hydrogen-bond donors (Lipinski definition) is 3. The van der Waals surface area contributed by atoms with Crippen molar-refractivity contribution < 1.29 is 14.3 Å². The van der Waals surface area contributed by atoms with E-state index < -0.39 is 6.10 Å². The molecular weight excluding hydrogens is 330 g/mol. The third-order valence-corrected chi connectivity index (χ3v) is 4.39. The Morgan fingerprint density at radius 1 is 1.19 bits per heavy atom. The molecule has 3 rings (SSSR count). The van der Waals surface area contributed by atoms with Gasteiger partial charge in [-0.05, 0) is 43.8 Å².